The summed E-state index contributed by atoms with van der Waals surface area (Å²) in [5.41, 5.74) is 0. The molecule has 0 spiro atoms. The highest BCUT2D eigenvalue weighted by atomic mass is 32.1. The molecule has 0 bridgehead atoms. The quantitative estimate of drug-likeness (QED) is 0.772. The van der Waals surface area contributed by atoms with Crippen LogP contribution >= 0.6 is 12.2 Å². The fourth-order valence-electron chi connectivity index (χ4n) is 1.12. The average Bonchev–Trinajstić information content (AvgIpc) is 2.45. The summed E-state index contributed by atoms with van der Waals surface area (Å²) in [6.45, 7) is 3.27. The van der Waals surface area contributed by atoms with Crippen LogP contribution in [-0.4, -0.2) is 21.2 Å². The van der Waals surface area contributed by atoms with Gasteiger partial charge in [0.1, 0.15) is 5.82 Å². The zero-order valence-corrected chi connectivity index (χ0v) is 8.24. The molecule has 0 aromatic carbocycles. The van der Waals surface area contributed by atoms with Crippen LogP contribution in [0.2, 0.25) is 0 Å². The summed E-state index contributed by atoms with van der Waals surface area (Å²) in [5.74, 6) is 0.567. The number of nitrogens with zero attached hydrogens (tertiary/aromatic N) is 2. The molecule has 1 atom stereocenters. The van der Waals surface area contributed by atoms with E-state index in [-0.39, 0.29) is 4.77 Å². The molecule has 1 N–H and O–H groups in total. The standard InChI is InChI=1S/C7H11F2N3S/c1-3-5-10-11-7(13)12(5)4(2)6(8)9/h4,6H,3H2,1-2H3,(H,11,13). The Kier molecular flexibility index (Phi) is 3.13. The molecule has 6 heteroatoms. The molecule has 74 valence electrons. The average molecular weight is 207 g/mol. The molecule has 1 unspecified atom stereocenters. The van der Waals surface area contributed by atoms with Crippen LogP contribution in [0.4, 0.5) is 8.78 Å². The Morgan fingerprint density at radius 2 is 2.23 bits per heavy atom. The number of rotatable bonds is 3. The van der Waals surface area contributed by atoms with Gasteiger partial charge in [-0.25, -0.2) is 8.78 Å². The van der Waals surface area contributed by atoms with Crippen molar-refractivity contribution in [2.45, 2.75) is 32.7 Å². The summed E-state index contributed by atoms with van der Waals surface area (Å²) in [4.78, 5) is 0. The van der Waals surface area contributed by atoms with Gasteiger partial charge in [-0.3, -0.25) is 9.67 Å². The number of aromatic amines is 1. The Bertz CT molecular complexity index is 331. The number of halogens is 2. The third kappa shape index (κ3) is 1.93. The van der Waals surface area contributed by atoms with E-state index in [0.717, 1.165) is 0 Å². The van der Waals surface area contributed by atoms with Crippen molar-refractivity contribution in [2.75, 3.05) is 0 Å². The summed E-state index contributed by atoms with van der Waals surface area (Å²) >= 11 is 4.85. The van der Waals surface area contributed by atoms with Gasteiger partial charge >= 0.3 is 0 Å². The Balaban J connectivity index is 3.11. The van der Waals surface area contributed by atoms with E-state index in [2.05, 4.69) is 10.2 Å². The molecule has 1 rings (SSSR count). The molecule has 0 amide bonds. The Morgan fingerprint density at radius 3 is 2.69 bits per heavy atom. The maximum absolute atomic E-state index is 12.4. The minimum absolute atomic E-state index is 0.254. The molecular weight excluding hydrogens is 196 g/mol. The van der Waals surface area contributed by atoms with Crippen LogP contribution in [0.3, 0.4) is 0 Å². The molecule has 0 aliphatic rings. The second kappa shape index (κ2) is 3.95. The summed E-state index contributed by atoms with van der Waals surface area (Å²) in [6, 6.07) is -0.916. The Morgan fingerprint density at radius 1 is 1.62 bits per heavy atom. The van der Waals surface area contributed by atoms with Crippen molar-refractivity contribution in [1.29, 1.82) is 0 Å². The number of hydrogen-bond acceptors (Lipinski definition) is 2. The van der Waals surface area contributed by atoms with E-state index in [9.17, 15) is 8.78 Å². The predicted octanol–water partition coefficient (Wildman–Crippen LogP) is 2.33. The molecule has 0 aliphatic carbocycles. The predicted molar refractivity (Wildman–Crippen MR) is 47.5 cm³/mol. The molecule has 0 aliphatic heterocycles. The highest BCUT2D eigenvalue weighted by Crippen LogP contribution is 2.17. The molecule has 1 aromatic rings. The minimum atomic E-state index is -2.42. The van der Waals surface area contributed by atoms with Gasteiger partial charge in [-0.15, -0.1) is 0 Å². The number of nitrogens with one attached hydrogen (secondary N) is 1. The van der Waals surface area contributed by atoms with Gasteiger partial charge in [-0.2, -0.15) is 5.10 Å². The van der Waals surface area contributed by atoms with Crippen molar-refractivity contribution >= 4 is 12.2 Å². The van der Waals surface area contributed by atoms with Crippen LogP contribution in [0, 0.1) is 4.77 Å². The number of aromatic nitrogens is 3. The van der Waals surface area contributed by atoms with Gasteiger partial charge in [-0.1, -0.05) is 6.92 Å². The van der Waals surface area contributed by atoms with Crippen LogP contribution in [0.15, 0.2) is 0 Å². The molecule has 13 heavy (non-hydrogen) atoms. The first-order valence-electron chi connectivity index (χ1n) is 4.01. The first-order valence-corrected chi connectivity index (χ1v) is 4.42. The highest BCUT2D eigenvalue weighted by Gasteiger charge is 2.20. The molecule has 0 radical (unpaired) electrons. The monoisotopic (exact) mass is 207 g/mol. The van der Waals surface area contributed by atoms with E-state index in [1.807, 2.05) is 6.92 Å². The Hall–Kier alpha value is -0.780. The molecule has 1 heterocycles. The first-order chi connectivity index (χ1) is 6.07. The molecular formula is C7H11F2N3S. The second-order valence-electron chi connectivity index (χ2n) is 2.74. The van der Waals surface area contributed by atoms with Gasteiger partial charge in [0.05, 0.1) is 6.04 Å². The lowest BCUT2D eigenvalue weighted by Gasteiger charge is -2.13. The lowest BCUT2D eigenvalue weighted by molar-refractivity contribution is 0.0893. The number of aryl methyl sites for hydroxylation is 1. The van der Waals surface area contributed by atoms with Crippen molar-refractivity contribution in [2.24, 2.45) is 0 Å². The fourth-order valence-corrected chi connectivity index (χ4v) is 1.44. The van der Waals surface area contributed by atoms with E-state index in [4.69, 9.17) is 12.2 Å². The van der Waals surface area contributed by atoms with Gasteiger partial charge in [-0.05, 0) is 19.1 Å². The van der Waals surface area contributed by atoms with Crippen molar-refractivity contribution in [1.82, 2.24) is 14.8 Å². The summed E-state index contributed by atoms with van der Waals surface area (Å²) in [7, 11) is 0. The van der Waals surface area contributed by atoms with Gasteiger partial charge < -0.3 is 0 Å². The van der Waals surface area contributed by atoms with Crippen molar-refractivity contribution < 1.29 is 8.78 Å². The molecule has 0 saturated heterocycles. The zero-order valence-electron chi connectivity index (χ0n) is 7.42. The summed E-state index contributed by atoms with van der Waals surface area (Å²) < 4.78 is 26.4. The molecule has 3 nitrogen and oxygen atoms in total. The van der Waals surface area contributed by atoms with Crippen LogP contribution in [0.5, 0.6) is 0 Å². The van der Waals surface area contributed by atoms with Crippen molar-refractivity contribution in [3.8, 4) is 0 Å². The van der Waals surface area contributed by atoms with Crippen molar-refractivity contribution in [3.63, 3.8) is 0 Å². The van der Waals surface area contributed by atoms with Gasteiger partial charge in [0.2, 0.25) is 0 Å². The maximum atomic E-state index is 12.4. The van der Waals surface area contributed by atoms with E-state index in [0.29, 0.717) is 12.2 Å². The topological polar surface area (TPSA) is 33.6 Å². The zero-order chi connectivity index (χ0) is 10.0. The van der Waals surface area contributed by atoms with Crippen molar-refractivity contribution in [3.05, 3.63) is 10.6 Å². The van der Waals surface area contributed by atoms with E-state index in [1.54, 1.807) is 0 Å². The lowest BCUT2D eigenvalue weighted by atomic mass is 10.3. The lowest BCUT2D eigenvalue weighted by Crippen LogP contribution is -2.16. The molecule has 0 fully saturated rings. The van der Waals surface area contributed by atoms with Crippen LogP contribution < -0.4 is 0 Å². The third-order valence-corrected chi connectivity index (χ3v) is 2.15. The largest absolute Gasteiger partial charge is 0.296 e. The fraction of sp³-hybridized carbons (Fsp3) is 0.714. The van der Waals surface area contributed by atoms with Crippen LogP contribution in [-0.2, 0) is 6.42 Å². The van der Waals surface area contributed by atoms with Gasteiger partial charge in [0.25, 0.3) is 6.43 Å². The normalized spacial score (nSPS) is 13.6. The SMILES string of the molecule is CCc1n[nH]c(=S)n1C(C)C(F)F. The van der Waals surface area contributed by atoms with E-state index >= 15 is 0 Å². The molecule has 1 aromatic heterocycles. The highest BCUT2D eigenvalue weighted by molar-refractivity contribution is 7.71. The summed E-state index contributed by atoms with van der Waals surface area (Å²) in [6.07, 6.45) is -1.83. The minimum Gasteiger partial charge on any atom is -0.296 e. The maximum Gasteiger partial charge on any atom is 0.258 e. The number of hydrogen-bond donors (Lipinski definition) is 1. The Labute approximate surface area is 79.8 Å². The number of H-pyrrole nitrogens is 1. The number of alkyl halides is 2. The smallest absolute Gasteiger partial charge is 0.258 e. The summed E-state index contributed by atoms with van der Waals surface area (Å²) in [5, 5.41) is 6.36. The molecule has 0 saturated carbocycles. The van der Waals surface area contributed by atoms with Crippen LogP contribution in [0.25, 0.3) is 0 Å². The van der Waals surface area contributed by atoms with Gasteiger partial charge in [0.15, 0.2) is 4.77 Å². The first kappa shape index (κ1) is 10.3. The van der Waals surface area contributed by atoms with Gasteiger partial charge in [0, 0.05) is 6.42 Å². The third-order valence-electron chi connectivity index (χ3n) is 1.87. The van der Waals surface area contributed by atoms with E-state index in [1.165, 1.54) is 11.5 Å². The van der Waals surface area contributed by atoms with E-state index < -0.39 is 12.5 Å². The van der Waals surface area contributed by atoms with Crippen LogP contribution in [0.1, 0.15) is 25.7 Å². The second-order valence-corrected chi connectivity index (χ2v) is 3.13.